The molecular formula is C21H25N3O4S2. The smallest absolute Gasteiger partial charge is 0.367 e. The Labute approximate surface area is 183 Å². The maximum absolute atomic E-state index is 12.8. The molecule has 0 bridgehead atoms. The Hall–Kier alpha value is -2.49. The van der Waals surface area contributed by atoms with E-state index >= 15 is 0 Å². The van der Waals surface area contributed by atoms with E-state index in [1.165, 1.54) is 16.2 Å². The van der Waals surface area contributed by atoms with Gasteiger partial charge in [-0.1, -0.05) is 6.07 Å². The lowest BCUT2D eigenvalue weighted by Gasteiger charge is -2.10. The van der Waals surface area contributed by atoms with E-state index in [9.17, 15) is 9.59 Å². The second kappa shape index (κ2) is 10.5. The normalized spacial score (nSPS) is 10.9. The SMILES string of the molecule is CCOC(=O)c1nc(-c2cc(C(=O)NCCCOC)c(C)n2Cc2cccs2)cs1. The molecule has 7 nitrogen and oxygen atoms in total. The quantitative estimate of drug-likeness (QED) is 0.376. The molecule has 0 spiro atoms. The van der Waals surface area contributed by atoms with Crippen molar-refractivity contribution in [3.05, 3.63) is 50.1 Å². The predicted molar refractivity (Wildman–Crippen MR) is 118 cm³/mol. The molecule has 0 fully saturated rings. The average molecular weight is 448 g/mol. The highest BCUT2D eigenvalue weighted by Gasteiger charge is 2.21. The van der Waals surface area contributed by atoms with Crippen LogP contribution in [-0.2, 0) is 16.0 Å². The molecule has 9 heteroatoms. The Morgan fingerprint density at radius 2 is 2.13 bits per heavy atom. The summed E-state index contributed by atoms with van der Waals surface area (Å²) in [5, 5.41) is 7.10. The van der Waals surface area contributed by atoms with E-state index in [1.807, 2.05) is 29.8 Å². The van der Waals surface area contributed by atoms with Crippen LogP contribution in [0.15, 0.2) is 29.0 Å². The number of nitrogens with zero attached hydrogens (tertiary/aromatic N) is 2. The Kier molecular flexibility index (Phi) is 7.78. The summed E-state index contributed by atoms with van der Waals surface area (Å²) in [5.74, 6) is -0.562. The summed E-state index contributed by atoms with van der Waals surface area (Å²) < 4.78 is 12.2. The predicted octanol–water partition coefficient (Wildman–Crippen LogP) is 3.97. The molecule has 1 N–H and O–H groups in total. The largest absolute Gasteiger partial charge is 0.461 e. The number of nitrogens with one attached hydrogen (secondary N) is 1. The summed E-state index contributed by atoms with van der Waals surface area (Å²) in [6, 6.07) is 5.91. The van der Waals surface area contributed by atoms with Crippen LogP contribution in [0.2, 0.25) is 0 Å². The third kappa shape index (κ3) is 5.16. The van der Waals surface area contributed by atoms with Crippen LogP contribution in [0.1, 0.15) is 44.1 Å². The van der Waals surface area contributed by atoms with Gasteiger partial charge in [-0.3, -0.25) is 4.79 Å². The van der Waals surface area contributed by atoms with Gasteiger partial charge in [0, 0.05) is 36.2 Å². The molecule has 30 heavy (non-hydrogen) atoms. The molecule has 0 aliphatic heterocycles. The number of methoxy groups -OCH3 is 1. The molecule has 3 aromatic heterocycles. The summed E-state index contributed by atoms with van der Waals surface area (Å²) in [5.41, 5.74) is 2.91. The zero-order valence-corrected chi connectivity index (χ0v) is 18.9. The number of thiophene rings is 1. The first-order chi connectivity index (χ1) is 14.5. The number of ether oxygens (including phenoxy) is 2. The number of thiazole rings is 1. The molecule has 0 saturated heterocycles. The molecule has 0 aliphatic rings. The zero-order chi connectivity index (χ0) is 21.5. The van der Waals surface area contributed by atoms with Crippen molar-refractivity contribution in [1.29, 1.82) is 0 Å². The fourth-order valence-electron chi connectivity index (χ4n) is 3.04. The minimum Gasteiger partial charge on any atom is -0.461 e. The molecule has 0 unspecified atom stereocenters. The molecule has 0 aromatic carbocycles. The van der Waals surface area contributed by atoms with Crippen LogP contribution in [0.5, 0.6) is 0 Å². The fourth-order valence-corrected chi connectivity index (χ4v) is 4.44. The molecule has 0 radical (unpaired) electrons. The summed E-state index contributed by atoms with van der Waals surface area (Å²) >= 11 is 2.90. The number of esters is 1. The van der Waals surface area contributed by atoms with Gasteiger partial charge in [0.25, 0.3) is 5.91 Å². The fraction of sp³-hybridized carbons (Fsp3) is 0.381. The second-order valence-corrected chi connectivity index (χ2v) is 8.45. The molecule has 0 aliphatic carbocycles. The topological polar surface area (TPSA) is 82.4 Å². The highest BCUT2D eigenvalue weighted by atomic mass is 32.1. The van der Waals surface area contributed by atoms with Gasteiger partial charge in [0.05, 0.1) is 30.1 Å². The van der Waals surface area contributed by atoms with E-state index < -0.39 is 5.97 Å². The minimum atomic E-state index is -0.432. The van der Waals surface area contributed by atoms with Crippen molar-refractivity contribution in [2.45, 2.75) is 26.8 Å². The van der Waals surface area contributed by atoms with Gasteiger partial charge in [-0.2, -0.15) is 0 Å². The van der Waals surface area contributed by atoms with Crippen molar-refractivity contribution >= 4 is 34.6 Å². The van der Waals surface area contributed by atoms with Gasteiger partial charge in [-0.25, -0.2) is 9.78 Å². The minimum absolute atomic E-state index is 0.129. The average Bonchev–Trinajstić information content (AvgIpc) is 3.47. The number of carbonyl (C=O) groups excluding carboxylic acids is 2. The summed E-state index contributed by atoms with van der Waals surface area (Å²) in [7, 11) is 1.64. The maximum Gasteiger partial charge on any atom is 0.367 e. The van der Waals surface area contributed by atoms with Gasteiger partial charge >= 0.3 is 5.97 Å². The molecule has 1 amide bonds. The van der Waals surface area contributed by atoms with Crippen LogP contribution >= 0.6 is 22.7 Å². The molecule has 3 rings (SSSR count). The van der Waals surface area contributed by atoms with Crippen molar-refractivity contribution in [3.8, 4) is 11.4 Å². The number of aromatic nitrogens is 2. The Balaban J connectivity index is 1.92. The maximum atomic E-state index is 12.8. The lowest BCUT2D eigenvalue weighted by Crippen LogP contribution is -2.25. The number of hydrogen-bond acceptors (Lipinski definition) is 7. The van der Waals surface area contributed by atoms with E-state index in [1.54, 1.807) is 25.4 Å². The first-order valence-electron chi connectivity index (χ1n) is 9.67. The molecule has 160 valence electrons. The monoisotopic (exact) mass is 447 g/mol. The van der Waals surface area contributed by atoms with Gasteiger partial charge in [0.15, 0.2) is 0 Å². The van der Waals surface area contributed by atoms with Crippen LogP contribution < -0.4 is 5.32 Å². The van der Waals surface area contributed by atoms with Crippen molar-refractivity contribution in [2.75, 3.05) is 26.9 Å². The van der Waals surface area contributed by atoms with Crippen molar-refractivity contribution in [1.82, 2.24) is 14.9 Å². The highest BCUT2D eigenvalue weighted by Crippen LogP contribution is 2.29. The van der Waals surface area contributed by atoms with Crippen LogP contribution in [0.25, 0.3) is 11.4 Å². The van der Waals surface area contributed by atoms with E-state index in [0.29, 0.717) is 42.6 Å². The number of amides is 1. The van der Waals surface area contributed by atoms with Gasteiger partial charge in [-0.05, 0) is 37.8 Å². The first kappa shape index (κ1) is 22.2. The molecule has 0 saturated carbocycles. The van der Waals surface area contributed by atoms with Crippen molar-refractivity contribution in [3.63, 3.8) is 0 Å². The second-order valence-electron chi connectivity index (χ2n) is 6.55. The Bertz CT molecular complexity index is 992. The lowest BCUT2D eigenvalue weighted by atomic mass is 10.2. The third-order valence-electron chi connectivity index (χ3n) is 4.53. The molecular weight excluding hydrogens is 422 g/mol. The van der Waals surface area contributed by atoms with E-state index in [4.69, 9.17) is 9.47 Å². The third-order valence-corrected chi connectivity index (χ3v) is 6.22. The number of carbonyl (C=O) groups is 2. The van der Waals surface area contributed by atoms with Gasteiger partial charge in [0.2, 0.25) is 5.01 Å². The van der Waals surface area contributed by atoms with E-state index in [-0.39, 0.29) is 5.91 Å². The van der Waals surface area contributed by atoms with Gasteiger partial charge in [-0.15, -0.1) is 22.7 Å². The van der Waals surface area contributed by atoms with E-state index in [0.717, 1.165) is 17.8 Å². The van der Waals surface area contributed by atoms with Gasteiger partial charge in [0.1, 0.15) is 0 Å². The van der Waals surface area contributed by atoms with Crippen molar-refractivity contribution < 1.29 is 19.1 Å². The van der Waals surface area contributed by atoms with E-state index in [2.05, 4.69) is 20.9 Å². The number of hydrogen-bond donors (Lipinski definition) is 1. The van der Waals surface area contributed by atoms with Crippen molar-refractivity contribution in [2.24, 2.45) is 0 Å². The highest BCUT2D eigenvalue weighted by molar-refractivity contribution is 7.12. The van der Waals surface area contributed by atoms with Crippen LogP contribution in [0, 0.1) is 6.92 Å². The summed E-state index contributed by atoms with van der Waals surface area (Å²) in [6.45, 7) is 5.76. The Morgan fingerprint density at radius 3 is 2.83 bits per heavy atom. The molecule has 3 heterocycles. The van der Waals surface area contributed by atoms with Crippen LogP contribution in [-0.4, -0.2) is 48.3 Å². The Morgan fingerprint density at radius 1 is 1.30 bits per heavy atom. The van der Waals surface area contributed by atoms with Crippen LogP contribution in [0.3, 0.4) is 0 Å². The standard InChI is InChI=1S/C21H25N3O4S2/c1-4-28-21(26)20-23-17(13-30-20)18-11-16(19(25)22-8-6-9-27-3)14(2)24(18)12-15-7-5-10-29-15/h5,7,10-11,13H,4,6,8-9,12H2,1-3H3,(H,22,25). The van der Waals surface area contributed by atoms with Crippen LogP contribution in [0.4, 0.5) is 0 Å². The zero-order valence-electron chi connectivity index (χ0n) is 17.3. The first-order valence-corrected chi connectivity index (χ1v) is 11.4. The lowest BCUT2D eigenvalue weighted by molar-refractivity contribution is 0.0526. The van der Waals surface area contributed by atoms with Gasteiger partial charge < -0.3 is 19.4 Å². The molecule has 0 atom stereocenters. The summed E-state index contributed by atoms with van der Waals surface area (Å²) in [4.78, 5) is 30.4. The molecule has 3 aromatic rings. The number of rotatable bonds is 10. The summed E-state index contributed by atoms with van der Waals surface area (Å²) in [6.07, 6.45) is 0.749.